The SMILES string of the molecule is Cc1cc(=O)n(Nc2ccccc2)c(=O)[nH]1. The minimum atomic E-state index is -0.478. The number of rotatable bonds is 2. The number of para-hydroxylation sites is 1. The number of H-pyrrole nitrogens is 1. The topological polar surface area (TPSA) is 66.9 Å². The van der Waals surface area contributed by atoms with E-state index in [1.165, 1.54) is 6.07 Å². The lowest BCUT2D eigenvalue weighted by atomic mass is 10.3. The smallest absolute Gasteiger partial charge is 0.310 e. The highest BCUT2D eigenvalue weighted by Crippen LogP contribution is 2.03. The van der Waals surface area contributed by atoms with Crippen LogP contribution in [0.2, 0.25) is 0 Å². The third kappa shape index (κ3) is 2.03. The van der Waals surface area contributed by atoms with Gasteiger partial charge in [-0.1, -0.05) is 18.2 Å². The van der Waals surface area contributed by atoms with Crippen LogP contribution in [-0.2, 0) is 0 Å². The van der Waals surface area contributed by atoms with Crippen LogP contribution in [0.3, 0.4) is 0 Å². The van der Waals surface area contributed by atoms with E-state index >= 15 is 0 Å². The van der Waals surface area contributed by atoms with E-state index in [-0.39, 0.29) is 5.56 Å². The fraction of sp³-hybridized carbons (Fsp3) is 0.0909. The molecular weight excluding hydrogens is 206 g/mol. The zero-order valence-electron chi connectivity index (χ0n) is 8.73. The van der Waals surface area contributed by atoms with Crippen molar-refractivity contribution in [2.75, 3.05) is 5.43 Å². The highest BCUT2D eigenvalue weighted by molar-refractivity contribution is 5.41. The summed E-state index contributed by atoms with van der Waals surface area (Å²) in [5.74, 6) is 0. The second kappa shape index (κ2) is 4.06. The number of aromatic amines is 1. The number of aryl methyl sites for hydroxylation is 1. The van der Waals surface area contributed by atoms with Gasteiger partial charge in [0.25, 0.3) is 5.56 Å². The average molecular weight is 217 g/mol. The van der Waals surface area contributed by atoms with Gasteiger partial charge >= 0.3 is 5.69 Å². The highest BCUT2D eigenvalue weighted by Gasteiger charge is 2.01. The number of aromatic nitrogens is 2. The van der Waals surface area contributed by atoms with Crippen molar-refractivity contribution in [2.24, 2.45) is 0 Å². The number of nitrogens with one attached hydrogen (secondary N) is 2. The van der Waals surface area contributed by atoms with Crippen molar-refractivity contribution >= 4 is 5.69 Å². The number of benzene rings is 1. The van der Waals surface area contributed by atoms with Gasteiger partial charge in [0.05, 0.1) is 5.69 Å². The maximum absolute atomic E-state index is 11.5. The molecule has 0 aliphatic carbocycles. The molecule has 2 rings (SSSR count). The van der Waals surface area contributed by atoms with E-state index in [4.69, 9.17) is 0 Å². The summed E-state index contributed by atoms with van der Waals surface area (Å²) < 4.78 is 0.933. The largest absolute Gasteiger partial charge is 0.347 e. The van der Waals surface area contributed by atoms with Gasteiger partial charge < -0.3 is 4.98 Å². The third-order valence-corrected chi connectivity index (χ3v) is 2.08. The maximum Gasteiger partial charge on any atom is 0.347 e. The van der Waals surface area contributed by atoms with Crippen molar-refractivity contribution in [2.45, 2.75) is 6.92 Å². The van der Waals surface area contributed by atoms with Gasteiger partial charge in [0.2, 0.25) is 0 Å². The molecule has 1 heterocycles. The molecule has 2 aromatic rings. The molecule has 0 aliphatic heterocycles. The van der Waals surface area contributed by atoms with Crippen LogP contribution in [0.1, 0.15) is 5.69 Å². The monoisotopic (exact) mass is 217 g/mol. The molecular formula is C11H11N3O2. The Bertz CT molecular complexity index is 567. The van der Waals surface area contributed by atoms with Gasteiger partial charge in [-0.15, -0.1) is 0 Å². The van der Waals surface area contributed by atoms with E-state index in [2.05, 4.69) is 10.4 Å². The van der Waals surface area contributed by atoms with Crippen LogP contribution >= 0.6 is 0 Å². The average Bonchev–Trinajstić information content (AvgIpc) is 2.25. The van der Waals surface area contributed by atoms with Gasteiger partial charge in [-0.3, -0.25) is 10.2 Å². The van der Waals surface area contributed by atoms with Gasteiger partial charge in [0, 0.05) is 11.8 Å². The lowest BCUT2D eigenvalue weighted by Crippen LogP contribution is -2.39. The molecule has 0 aliphatic rings. The fourth-order valence-corrected chi connectivity index (χ4v) is 1.36. The molecule has 0 atom stereocenters. The molecule has 1 aromatic heterocycles. The van der Waals surface area contributed by atoms with Gasteiger partial charge in [0.15, 0.2) is 0 Å². The van der Waals surface area contributed by atoms with Crippen LogP contribution in [0.5, 0.6) is 0 Å². The van der Waals surface area contributed by atoms with E-state index < -0.39 is 5.69 Å². The lowest BCUT2D eigenvalue weighted by molar-refractivity contribution is 0.796. The van der Waals surface area contributed by atoms with E-state index in [9.17, 15) is 9.59 Å². The van der Waals surface area contributed by atoms with Crippen molar-refractivity contribution in [3.8, 4) is 0 Å². The number of nitrogens with zero attached hydrogens (tertiary/aromatic N) is 1. The Labute approximate surface area is 91.3 Å². The zero-order chi connectivity index (χ0) is 11.5. The molecule has 2 N–H and O–H groups in total. The van der Waals surface area contributed by atoms with Crippen LogP contribution in [0.25, 0.3) is 0 Å². The standard InChI is InChI=1S/C11H11N3O2/c1-8-7-10(15)14(11(16)12-8)13-9-5-3-2-4-6-9/h2-7,13H,1H3,(H,12,16). The predicted molar refractivity (Wildman–Crippen MR) is 61.5 cm³/mol. The highest BCUT2D eigenvalue weighted by atomic mass is 16.2. The zero-order valence-corrected chi connectivity index (χ0v) is 8.73. The van der Waals surface area contributed by atoms with Crippen LogP contribution in [0.15, 0.2) is 46.0 Å². The first kappa shape index (κ1) is 10.2. The summed E-state index contributed by atoms with van der Waals surface area (Å²) in [4.78, 5) is 25.6. The molecule has 0 radical (unpaired) electrons. The normalized spacial score (nSPS) is 10.1. The van der Waals surface area contributed by atoms with Gasteiger partial charge in [0.1, 0.15) is 0 Å². The Kier molecular flexibility index (Phi) is 2.59. The molecule has 0 unspecified atom stereocenters. The van der Waals surface area contributed by atoms with Crippen molar-refractivity contribution < 1.29 is 0 Å². The Hall–Kier alpha value is -2.30. The molecule has 0 saturated carbocycles. The summed E-state index contributed by atoms with van der Waals surface area (Å²) in [7, 11) is 0. The lowest BCUT2D eigenvalue weighted by Gasteiger charge is -2.07. The minimum absolute atomic E-state index is 0.384. The molecule has 0 spiro atoms. The quantitative estimate of drug-likeness (QED) is 0.779. The van der Waals surface area contributed by atoms with Crippen LogP contribution < -0.4 is 16.7 Å². The van der Waals surface area contributed by atoms with Crippen LogP contribution in [0.4, 0.5) is 5.69 Å². The second-order valence-corrected chi connectivity index (χ2v) is 3.41. The van der Waals surface area contributed by atoms with Gasteiger partial charge in [-0.05, 0) is 19.1 Å². The Balaban J connectivity index is 2.44. The van der Waals surface area contributed by atoms with E-state index in [1.54, 1.807) is 19.1 Å². The summed E-state index contributed by atoms with van der Waals surface area (Å²) in [6.45, 7) is 1.66. The molecule has 16 heavy (non-hydrogen) atoms. The van der Waals surface area contributed by atoms with Gasteiger partial charge in [-0.25, -0.2) is 4.79 Å². The Morgan fingerprint density at radius 2 is 1.88 bits per heavy atom. The fourth-order valence-electron chi connectivity index (χ4n) is 1.36. The summed E-state index contributed by atoms with van der Waals surface area (Å²) in [5.41, 5.74) is 3.09. The van der Waals surface area contributed by atoms with Crippen LogP contribution in [0, 0.1) is 6.92 Å². The Morgan fingerprint density at radius 1 is 1.19 bits per heavy atom. The predicted octanol–water partition coefficient (Wildman–Crippen LogP) is 0.720. The van der Waals surface area contributed by atoms with Crippen LogP contribution in [-0.4, -0.2) is 9.66 Å². The Morgan fingerprint density at radius 3 is 2.50 bits per heavy atom. The third-order valence-electron chi connectivity index (χ3n) is 2.08. The van der Waals surface area contributed by atoms with Crippen molar-refractivity contribution in [3.63, 3.8) is 0 Å². The van der Waals surface area contributed by atoms with E-state index in [0.29, 0.717) is 11.4 Å². The summed E-state index contributed by atoms with van der Waals surface area (Å²) >= 11 is 0. The number of hydrogen-bond donors (Lipinski definition) is 2. The first-order valence-corrected chi connectivity index (χ1v) is 4.82. The molecule has 1 aromatic carbocycles. The van der Waals surface area contributed by atoms with E-state index in [1.807, 2.05) is 18.2 Å². The first-order valence-electron chi connectivity index (χ1n) is 4.82. The minimum Gasteiger partial charge on any atom is -0.310 e. The summed E-state index contributed by atoms with van der Waals surface area (Å²) in [5, 5.41) is 0. The maximum atomic E-state index is 11.5. The first-order chi connectivity index (χ1) is 7.66. The summed E-state index contributed by atoms with van der Waals surface area (Å²) in [6, 6.07) is 10.4. The molecule has 5 nitrogen and oxygen atoms in total. The molecule has 5 heteroatoms. The molecule has 0 bridgehead atoms. The second-order valence-electron chi connectivity index (χ2n) is 3.41. The molecule has 0 amide bonds. The van der Waals surface area contributed by atoms with Crippen molar-refractivity contribution in [1.29, 1.82) is 0 Å². The van der Waals surface area contributed by atoms with Gasteiger partial charge in [-0.2, -0.15) is 4.68 Å². The van der Waals surface area contributed by atoms with Crippen molar-refractivity contribution in [1.82, 2.24) is 9.66 Å². The summed E-state index contributed by atoms with van der Waals surface area (Å²) in [6.07, 6.45) is 0. The van der Waals surface area contributed by atoms with Crippen molar-refractivity contribution in [3.05, 3.63) is 62.9 Å². The number of hydrogen-bond acceptors (Lipinski definition) is 3. The number of anilines is 1. The molecule has 0 saturated heterocycles. The molecule has 82 valence electrons. The van der Waals surface area contributed by atoms with E-state index in [0.717, 1.165) is 4.68 Å². The molecule has 0 fully saturated rings.